The van der Waals surface area contributed by atoms with E-state index in [9.17, 15) is 4.21 Å². The van der Waals surface area contributed by atoms with Crippen molar-refractivity contribution in [1.82, 2.24) is 0 Å². The van der Waals surface area contributed by atoms with Gasteiger partial charge in [-0.3, -0.25) is 4.21 Å². The Labute approximate surface area is 52.1 Å². The van der Waals surface area contributed by atoms with Crippen molar-refractivity contribution in [2.24, 2.45) is 0 Å². The van der Waals surface area contributed by atoms with Gasteiger partial charge in [0.25, 0.3) is 0 Å². The predicted octanol–water partition coefficient (Wildman–Crippen LogP) is 1.13. The maximum absolute atomic E-state index is 11.1. The number of hydrogen-bond donors (Lipinski definition) is 0. The number of hydrogen-bond acceptors (Lipinski definition) is 1. The summed E-state index contributed by atoms with van der Waals surface area (Å²) in [7, 11) is -1.84. The lowest BCUT2D eigenvalue weighted by Gasteiger charge is -2.19. The Kier molecular flexibility index (Phi) is 1.77. The minimum absolute atomic E-state index is 0.146. The third kappa shape index (κ3) is 1.86. The van der Waals surface area contributed by atoms with Gasteiger partial charge < -0.3 is 0 Å². The van der Waals surface area contributed by atoms with Crippen molar-refractivity contribution in [2.45, 2.75) is 25.5 Å². The van der Waals surface area contributed by atoms with Crippen molar-refractivity contribution in [3.8, 4) is 0 Å². The van der Waals surface area contributed by atoms with E-state index in [4.69, 9.17) is 0 Å². The molecule has 50 valence electrons. The summed E-state index contributed by atoms with van der Waals surface area (Å²) in [5, 5.41) is 0. The third-order valence-electron chi connectivity index (χ3n) is 1.30. The molecular weight excluding hydrogens is 120 g/mol. The Balaban J connectivity index is 4.53. The molecule has 0 aliphatic heterocycles. The van der Waals surface area contributed by atoms with Crippen LogP contribution in [0.2, 0.25) is 0 Å². The molecule has 1 atom stereocenters. The first-order valence-corrected chi connectivity index (χ1v) is 4.70. The molecule has 0 aliphatic carbocycles. The highest BCUT2D eigenvalue weighted by atomic mass is 32.2. The lowest BCUT2D eigenvalue weighted by molar-refractivity contribution is 0.651. The van der Waals surface area contributed by atoms with E-state index in [0.29, 0.717) is 0 Å². The molecule has 0 bridgehead atoms. The van der Waals surface area contributed by atoms with E-state index in [1.807, 2.05) is 20.8 Å². The van der Waals surface area contributed by atoms with Crippen molar-refractivity contribution in [1.29, 1.82) is 0 Å². The summed E-state index contributed by atoms with van der Waals surface area (Å²) in [5.41, 5.74) is 0. The first-order chi connectivity index (χ1) is 3.25. The molecule has 0 radical (unpaired) electrons. The van der Waals surface area contributed by atoms with Crippen LogP contribution in [0.3, 0.4) is 0 Å². The van der Waals surface area contributed by atoms with Crippen LogP contribution in [0.5, 0.6) is 0 Å². The molecule has 0 saturated heterocycles. The molecule has 2 heteroatoms. The van der Waals surface area contributed by atoms with E-state index in [-0.39, 0.29) is 4.75 Å². The Morgan fingerprint density at radius 3 is 1.50 bits per heavy atom. The molecule has 0 rings (SSSR count). The first kappa shape index (κ1) is 8.02. The van der Waals surface area contributed by atoms with Crippen molar-refractivity contribution >= 4 is 15.4 Å². The van der Waals surface area contributed by atoms with Gasteiger partial charge in [-0.05, 0) is 36.2 Å². The second kappa shape index (κ2) is 1.76. The highest BCUT2D eigenvalue weighted by Crippen LogP contribution is 2.11. The summed E-state index contributed by atoms with van der Waals surface area (Å²) >= 11 is 0. The minimum atomic E-state index is -1.84. The van der Waals surface area contributed by atoms with Gasteiger partial charge in [0.05, 0.1) is 0 Å². The lowest BCUT2D eigenvalue weighted by atomic mass is 10.3. The zero-order chi connectivity index (χ0) is 7.00. The van der Waals surface area contributed by atoms with Crippen molar-refractivity contribution < 1.29 is 4.21 Å². The fourth-order valence-electron chi connectivity index (χ4n) is 0. The van der Waals surface area contributed by atoms with Crippen LogP contribution in [0.15, 0.2) is 0 Å². The van der Waals surface area contributed by atoms with E-state index < -0.39 is 9.52 Å². The van der Waals surface area contributed by atoms with E-state index in [1.165, 1.54) is 0 Å². The Bertz CT molecular complexity index is 157. The molecule has 0 fully saturated rings. The summed E-state index contributed by atoms with van der Waals surface area (Å²) < 4.78 is 11.0. The molecule has 0 aromatic rings. The summed E-state index contributed by atoms with van der Waals surface area (Å²) in [6, 6.07) is 0. The van der Waals surface area contributed by atoms with Gasteiger partial charge in [0, 0.05) is 11.0 Å². The fraction of sp³-hybridized carbons (Fsp3) is 0.833. The van der Waals surface area contributed by atoms with E-state index >= 15 is 0 Å². The highest BCUT2D eigenvalue weighted by molar-refractivity contribution is 8.00. The van der Waals surface area contributed by atoms with Crippen LogP contribution < -0.4 is 0 Å². The largest absolute Gasteiger partial charge is 0.268 e. The van der Waals surface area contributed by atoms with Gasteiger partial charge in [-0.1, -0.05) is 0 Å². The molecule has 0 aromatic heterocycles. The summed E-state index contributed by atoms with van der Waals surface area (Å²) in [5.74, 6) is 3.57. The second-order valence-corrected chi connectivity index (χ2v) is 6.35. The topological polar surface area (TPSA) is 17.1 Å². The van der Waals surface area contributed by atoms with Gasteiger partial charge in [-0.2, -0.15) is 0 Å². The average molecular weight is 134 g/mol. The molecule has 0 N–H and O–H groups in total. The Morgan fingerprint density at radius 2 is 1.50 bits per heavy atom. The first-order valence-electron chi connectivity index (χ1n) is 2.57. The normalized spacial score (nSPS) is 20.0. The number of rotatable bonds is 0. The molecule has 0 heterocycles. The molecule has 0 amide bonds. The molecule has 8 heavy (non-hydrogen) atoms. The Hall–Kier alpha value is 0.0200. The molecule has 0 aliphatic rings. The van der Waals surface area contributed by atoms with Gasteiger partial charge >= 0.3 is 0 Å². The van der Waals surface area contributed by atoms with Crippen molar-refractivity contribution in [3.63, 3.8) is 0 Å². The van der Waals surface area contributed by atoms with Crippen LogP contribution in [-0.2, 0) is 9.52 Å². The van der Waals surface area contributed by atoms with Crippen molar-refractivity contribution in [3.05, 3.63) is 0 Å². The smallest absolute Gasteiger partial charge is 0.0296 e. The van der Waals surface area contributed by atoms with Crippen LogP contribution in [0.25, 0.3) is 0 Å². The predicted molar refractivity (Wildman–Crippen MR) is 40.9 cm³/mol. The molecular formula is C6H14OS. The van der Waals surface area contributed by atoms with E-state index in [1.54, 1.807) is 6.26 Å². The zero-order valence-electron chi connectivity index (χ0n) is 6.02. The van der Waals surface area contributed by atoms with E-state index in [2.05, 4.69) is 5.87 Å². The summed E-state index contributed by atoms with van der Waals surface area (Å²) in [4.78, 5) is 0. The highest BCUT2D eigenvalue weighted by Gasteiger charge is 2.16. The van der Waals surface area contributed by atoms with E-state index in [0.717, 1.165) is 0 Å². The minimum Gasteiger partial charge on any atom is -0.268 e. The monoisotopic (exact) mass is 134 g/mol. The average Bonchev–Trinajstić information content (AvgIpc) is 1.25. The molecule has 0 saturated carbocycles. The maximum atomic E-state index is 11.1. The molecule has 1 nitrogen and oxygen atoms in total. The fourth-order valence-corrected chi connectivity index (χ4v) is 0. The quantitative estimate of drug-likeness (QED) is 0.454. The van der Waals surface area contributed by atoms with Gasteiger partial charge in [-0.25, -0.2) is 0 Å². The maximum Gasteiger partial charge on any atom is 0.0296 e. The molecule has 1 unspecified atom stereocenters. The standard InChI is InChI=1S/C6H14OS/c1-6(2,3)8(4,5)7/h4H2,1-3,5H3. The van der Waals surface area contributed by atoms with Crippen LogP contribution >= 0.6 is 0 Å². The summed E-state index contributed by atoms with van der Waals surface area (Å²) in [6.45, 7) is 5.80. The summed E-state index contributed by atoms with van der Waals surface area (Å²) in [6.07, 6.45) is 1.69. The van der Waals surface area contributed by atoms with Gasteiger partial charge in [0.2, 0.25) is 0 Å². The SMILES string of the molecule is C=S(C)(=O)C(C)(C)C. The van der Waals surface area contributed by atoms with Crippen LogP contribution in [0.4, 0.5) is 0 Å². The third-order valence-corrected chi connectivity index (χ3v) is 3.89. The molecule has 0 aromatic carbocycles. The van der Waals surface area contributed by atoms with Crippen molar-refractivity contribution in [2.75, 3.05) is 6.26 Å². The zero-order valence-corrected chi connectivity index (χ0v) is 6.84. The van der Waals surface area contributed by atoms with Gasteiger partial charge in [-0.15, -0.1) is 0 Å². The second-order valence-electron chi connectivity index (χ2n) is 3.12. The molecule has 0 spiro atoms. The van der Waals surface area contributed by atoms with Crippen LogP contribution in [0, 0.1) is 0 Å². The van der Waals surface area contributed by atoms with Crippen LogP contribution in [0.1, 0.15) is 20.8 Å². The van der Waals surface area contributed by atoms with Gasteiger partial charge in [0.1, 0.15) is 0 Å². The lowest BCUT2D eigenvalue weighted by Crippen LogP contribution is -2.25. The van der Waals surface area contributed by atoms with Crippen LogP contribution in [-0.4, -0.2) is 21.1 Å². The Morgan fingerprint density at radius 1 is 1.38 bits per heavy atom. The van der Waals surface area contributed by atoms with Gasteiger partial charge in [0.15, 0.2) is 0 Å².